The zero-order chi connectivity index (χ0) is 13.2. The van der Waals surface area contributed by atoms with Gasteiger partial charge in [-0.15, -0.1) is 15.0 Å². The molecule has 1 aromatic heterocycles. The van der Waals surface area contributed by atoms with Gasteiger partial charge in [-0.1, -0.05) is 24.6 Å². The maximum absolute atomic E-state index is 9.97. The third-order valence-corrected chi connectivity index (χ3v) is 3.01. The Morgan fingerprint density at radius 3 is 2.30 bits per heavy atom. The molecule has 0 saturated carbocycles. The summed E-state index contributed by atoms with van der Waals surface area (Å²) in [6.45, 7) is 3.84. The molecule has 0 radical (unpaired) electrons. The Labute approximate surface area is 111 Å². The quantitative estimate of drug-likeness (QED) is 0.542. The molecule has 0 aliphatic carbocycles. The number of aryl methyl sites for hydroxylation is 1. The van der Waals surface area contributed by atoms with Crippen molar-refractivity contribution in [3.63, 3.8) is 0 Å². The third kappa shape index (κ3) is 2.14. The summed E-state index contributed by atoms with van der Waals surface area (Å²) in [7, 11) is 0. The number of nitrogens with zero attached hydrogens (tertiary/aromatic N) is 3. The molecular formula is C15H14N3ORf-. The van der Waals surface area contributed by atoms with Crippen molar-refractivity contribution < 1.29 is 5.11 Å². The van der Waals surface area contributed by atoms with Crippen molar-refractivity contribution >= 4 is 11.0 Å². The van der Waals surface area contributed by atoms with Crippen LogP contribution in [0, 0.1) is 6.92 Å². The summed E-state index contributed by atoms with van der Waals surface area (Å²) >= 11 is 0. The van der Waals surface area contributed by atoms with Gasteiger partial charge in [0.15, 0.2) is 0 Å². The van der Waals surface area contributed by atoms with Gasteiger partial charge in [-0.25, -0.2) is 0 Å². The Hall–Kier alpha value is -3.36. The fourth-order valence-electron chi connectivity index (χ4n) is 2.06. The van der Waals surface area contributed by atoms with Gasteiger partial charge in [0.2, 0.25) is 0 Å². The summed E-state index contributed by atoms with van der Waals surface area (Å²) in [6.07, 6.45) is 1.69. The van der Waals surface area contributed by atoms with E-state index in [1.165, 1.54) is 4.80 Å². The number of hydrogen-bond acceptors (Lipinski definition) is 3. The monoisotopic (exact) mass is 519 g/mol. The predicted molar refractivity (Wildman–Crippen MR) is 74.2 cm³/mol. The van der Waals surface area contributed by atoms with E-state index in [0.717, 1.165) is 29.4 Å². The average molecular weight is 519 g/mol. The Bertz CT molecular complexity index is 691. The van der Waals surface area contributed by atoms with Crippen LogP contribution >= 0.6 is 0 Å². The predicted octanol–water partition coefficient (Wildman–Crippen LogP) is 2.89. The number of rotatable bonds is 3. The fraction of sp³-hybridized carbons (Fsp3) is 0.133. The second-order valence-electron chi connectivity index (χ2n) is 4.40. The molecule has 98 valence electrons. The SMILES string of the molecule is [CH2-]CCc1ccc(O)c(-n2nc3ccccc3n2)c1.[Rf]. The third-order valence-electron chi connectivity index (χ3n) is 3.01. The average Bonchev–Trinajstić information content (AvgIpc) is 2.85. The van der Waals surface area contributed by atoms with Gasteiger partial charge in [-0.2, -0.15) is 6.42 Å². The molecule has 0 bridgehead atoms. The Balaban J connectivity index is 0.00000147. The second kappa shape index (κ2) is 5.10. The summed E-state index contributed by atoms with van der Waals surface area (Å²) in [6, 6.07) is 13.1. The van der Waals surface area contributed by atoms with Crippen LogP contribution in [-0.2, 0) is 6.42 Å². The largest absolute Gasteiger partial charge is 0.506 e. The summed E-state index contributed by atoms with van der Waals surface area (Å²) in [5.74, 6) is 0.174. The van der Waals surface area contributed by atoms with Gasteiger partial charge < -0.3 is 12.0 Å². The van der Waals surface area contributed by atoms with Crippen LogP contribution in [0.1, 0.15) is 12.0 Å². The maximum atomic E-state index is 9.97. The molecule has 0 atom stereocenters. The molecule has 4 nitrogen and oxygen atoms in total. The van der Waals surface area contributed by atoms with Crippen molar-refractivity contribution in [3.05, 3.63) is 55.0 Å². The van der Waals surface area contributed by atoms with E-state index >= 15 is 0 Å². The fourth-order valence-corrected chi connectivity index (χ4v) is 2.06. The van der Waals surface area contributed by atoms with Crippen molar-refractivity contribution in [2.24, 2.45) is 0 Å². The minimum absolute atomic E-state index is 0. The van der Waals surface area contributed by atoms with E-state index in [9.17, 15) is 5.11 Å². The minimum atomic E-state index is 0. The standard InChI is InChI=1S/C15H14N3O.Rf/c1-2-5-11-8-9-15(19)14(10-11)18-16-12-6-3-4-7-13(12)17-18;/h3-4,6-10,19H,1-2,5H2;/q-1;. The molecule has 0 aliphatic rings. The number of benzene rings is 2. The molecule has 0 spiro atoms. The van der Waals surface area contributed by atoms with Crippen molar-refractivity contribution in [2.45, 2.75) is 12.8 Å². The molecule has 0 saturated heterocycles. The molecule has 0 aliphatic heterocycles. The molecule has 0 unspecified atom stereocenters. The zero-order valence-electron chi connectivity index (χ0n) is 11.2. The van der Waals surface area contributed by atoms with E-state index in [0.29, 0.717) is 5.69 Å². The molecule has 1 heterocycles. The van der Waals surface area contributed by atoms with Crippen molar-refractivity contribution in [3.8, 4) is 11.4 Å². The maximum Gasteiger partial charge on any atom is 0.143 e. The van der Waals surface area contributed by atoms with Crippen LogP contribution in [0.2, 0.25) is 0 Å². The van der Waals surface area contributed by atoms with Crippen LogP contribution in [0.4, 0.5) is 0 Å². The van der Waals surface area contributed by atoms with Gasteiger partial charge in [0, 0.05) is 0 Å². The van der Waals surface area contributed by atoms with Gasteiger partial charge in [0.25, 0.3) is 0 Å². The first-order chi connectivity index (χ1) is 9.28. The normalized spacial score (nSPS) is 10.4. The first-order valence-electron chi connectivity index (χ1n) is 6.21. The van der Waals surface area contributed by atoms with Gasteiger partial charge in [-0.3, -0.25) is 0 Å². The van der Waals surface area contributed by atoms with Crippen LogP contribution in [0.25, 0.3) is 16.7 Å². The summed E-state index contributed by atoms with van der Waals surface area (Å²) in [5, 5.41) is 18.7. The molecule has 3 aromatic rings. The molecule has 0 amide bonds. The van der Waals surface area contributed by atoms with E-state index in [1.54, 1.807) is 6.07 Å². The number of aromatic nitrogens is 3. The van der Waals surface area contributed by atoms with Gasteiger partial charge in [0.05, 0.1) is 0 Å². The molecule has 3 rings (SSSR count). The number of phenols is 1. The van der Waals surface area contributed by atoms with Crippen molar-refractivity contribution in [1.29, 1.82) is 0 Å². The Kier molecular flexibility index (Phi) is 3.33. The van der Waals surface area contributed by atoms with E-state index in [-0.39, 0.29) is 5.75 Å². The first-order valence-corrected chi connectivity index (χ1v) is 6.21. The van der Waals surface area contributed by atoms with Crippen LogP contribution in [0.5, 0.6) is 5.75 Å². The van der Waals surface area contributed by atoms with Crippen LogP contribution in [0.15, 0.2) is 42.5 Å². The molecule has 5 heteroatoms. The molecule has 1 N–H and O–H groups in total. The number of fused-ring (bicyclic) bond motifs is 1. The molecule has 20 heavy (non-hydrogen) atoms. The van der Waals surface area contributed by atoms with Gasteiger partial charge in [0.1, 0.15) is 22.5 Å². The Morgan fingerprint density at radius 2 is 1.70 bits per heavy atom. The second-order valence-corrected chi connectivity index (χ2v) is 4.40. The number of aromatic hydroxyl groups is 1. The number of hydrogen-bond donors (Lipinski definition) is 1. The molecule has 2 aromatic carbocycles. The van der Waals surface area contributed by atoms with Crippen molar-refractivity contribution in [2.75, 3.05) is 0 Å². The topological polar surface area (TPSA) is 50.9 Å². The first kappa shape index (κ1) is 13.1. The van der Waals surface area contributed by atoms with E-state index in [2.05, 4.69) is 17.1 Å². The summed E-state index contributed by atoms with van der Waals surface area (Å²) in [4.78, 5) is 1.48. The molecular weight excluding hydrogens is 505 g/mol. The van der Waals surface area contributed by atoms with E-state index in [4.69, 9.17) is 0 Å². The van der Waals surface area contributed by atoms with Gasteiger partial charge >= 0.3 is 0 Å². The van der Waals surface area contributed by atoms with E-state index in [1.807, 2.05) is 36.4 Å². The Morgan fingerprint density at radius 1 is 1.05 bits per heavy atom. The zero-order valence-corrected chi connectivity index (χ0v) is 17.6. The smallest absolute Gasteiger partial charge is 0.143 e. The van der Waals surface area contributed by atoms with Gasteiger partial charge in [-0.05, 0) is 29.8 Å². The van der Waals surface area contributed by atoms with Crippen LogP contribution in [-0.4, -0.2) is 20.1 Å². The molecule has 0 fully saturated rings. The van der Waals surface area contributed by atoms with Crippen LogP contribution in [0.3, 0.4) is 0 Å². The number of phenolic OH excluding ortho intramolecular Hbond substituents is 1. The van der Waals surface area contributed by atoms with Crippen LogP contribution < -0.4 is 0 Å². The summed E-state index contributed by atoms with van der Waals surface area (Å²) in [5.41, 5.74) is 3.33. The summed E-state index contributed by atoms with van der Waals surface area (Å²) < 4.78 is 0. The van der Waals surface area contributed by atoms with Crippen molar-refractivity contribution in [1.82, 2.24) is 15.0 Å². The van der Waals surface area contributed by atoms with E-state index < -0.39 is 0 Å². The minimum Gasteiger partial charge on any atom is -0.506 e.